The predicted octanol–water partition coefficient (Wildman–Crippen LogP) is 2.80. The minimum Gasteiger partial charge on any atom is -0.379 e. The van der Waals surface area contributed by atoms with E-state index >= 15 is 0 Å². The van der Waals surface area contributed by atoms with Crippen molar-refractivity contribution in [3.05, 3.63) is 68.9 Å². The summed E-state index contributed by atoms with van der Waals surface area (Å²) in [7, 11) is 1.81. The average Bonchev–Trinajstić information content (AvgIpc) is 3.28. The molecule has 2 heterocycles. The van der Waals surface area contributed by atoms with Crippen LogP contribution in [0.15, 0.2) is 35.1 Å². The average molecular weight is 442 g/mol. The zero-order valence-electron chi connectivity index (χ0n) is 19.0. The van der Waals surface area contributed by atoms with Crippen molar-refractivity contribution in [2.45, 2.75) is 44.6 Å². The van der Waals surface area contributed by atoms with Crippen LogP contribution in [0, 0.1) is 12.7 Å². The van der Waals surface area contributed by atoms with E-state index in [1.165, 1.54) is 12.1 Å². The minimum atomic E-state index is -0.378. The van der Waals surface area contributed by atoms with Gasteiger partial charge in [-0.15, -0.1) is 0 Å². The number of hydrogen-bond acceptors (Lipinski definition) is 4. The zero-order chi connectivity index (χ0) is 22.7. The fraction of sp³-hybridized carbons (Fsp3) is 0.520. The van der Waals surface area contributed by atoms with Gasteiger partial charge in [-0.3, -0.25) is 14.5 Å². The first-order valence-electron chi connectivity index (χ1n) is 11.5. The van der Waals surface area contributed by atoms with Gasteiger partial charge in [0.1, 0.15) is 11.4 Å². The van der Waals surface area contributed by atoms with Crippen molar-refractivity contribution < 1.29 is 13.9 Å². The summed E-state index contributed by atoms with van der Waals surface area (Å²) in [5.74, 6) is -0.721. The highest BCUT2D eigenvalue weighted by molar-refractivity contribution is 5.95. The number of nitrogens with zero attached hydrogens (tertiary/aromatic N) is 2. The van der Waals surface area contributed by atoms with Gasteiger partial charge < -0.3 is 14.6 Å². The van der Waals surface area contributed by atoms with Gasteiger partial charge in [0.2, 0.25) is 0 Å². The van der Waals surface area contributed by atoms with Crippen LogP contribution in [0.2, 0.25) is 0 Å². The molecule has 2 fully saturated rings. The van der Waals surface area contributed by atoms with Crippen molar-refractivity contribution in [3.8, 4) is 0 Å². The van der Waals surface area contributed by atoms with Gasteiger partial charge in [-0.05, 0) is 31.4 Å². The summed E-state index contributed by atoms with van der Waals surface area (Å²) in [4.78, 5) is 28.7. The zero-order valence-corrected chi connectivity index (χ0v) is 19.0. The molecule has 0 spiro atoms. The lowest BCUT2D eigenvalue weighted by Gasteiger charge is -2.43. The number of carbonyl (C=O) groups is 1. The lowest BCUT2D eigenvalue weighted by atomic mass is 9.93. The van der Waals surface area contributed by atoms with Crippen LogP contribution in [0.5, 0.6) is 0 Å². The number of aryl methyl sites for hydroxylation is 1. The summed E-state index contributed by atoms with van der Waals surface area (Å²) in [6, 6.07) is 7.96. The third-order valence-electron chi connectivity index (χ3n) is 7.15. The summed E-state index contributed by atoms with van der Waals surface area (Å²) in [5.41, 5.74) is 1.43. The van der Waals surface area contributed by atoms with Crippen molar-refractivity contribution in [1.82, 2.24) is 14.8 Å². The third kappa shape index (κ3) is 4.50. The molecule has 1 saturated heterocycles. The first-order valence-corrected chi connectivity index (χ1v) is 11.5. The number of halogens is 1. The van der Waals surface area contributed by atoms with Gasteiger partial charge in [-0.2, -0.15) is 0 Å². The molecule has 0 unspecified atom stereocenters. The fourth-order valence-corrected chi connectivity index (χ4v) is 5.16. The van der Waals surface area contributed by atoms with E-state index in [0.717, 1.165) is 44.5 Å². The van der Waals surface area contributed by atoms with Gasteiger partial charge >= 0.3 is 0 Å². The Bertz CT molecular complexity index is 1040. The molecule has 1 saturated carbocycles. The molecule has 0 atom stereocenters. The summed E-state index contributed by atoms with van der Waals surface area (Å²) in [6.45, 7) is 5.46. The number of morpholine rings is 1. The van der Waals surface area contributed by atoms with Crippen molar-refractivity contribution in [2.24, 2.45) is 7.05 Å². The van der Waals surface area contributed by atoms with Crippen LogP contribution in [-0.2, 0) is 18.2 Å². The molecule has 1 aromatic heterocycles. The number of hydrogen-bond donors (Lipinski definition) is 1. The van der Waals surface area contributed by atoms with E-state index < -0.39 is 0 Å². The molecular formula is C25H32FN3O3. The normalized spacial score (nSPS) is 18.6. The Hall–Kier alpha value is -2.51. The standard InChI is InChI=1S/C25H32FN3O3/c1-18-15-22(30)23(21(28(18)2)16-19-7-3-4-8-20(19)26)24(31)27-17-25(9-5-6-10-25)29-11-13-32-14-12-29/h3-4,7-8,15H,5-6,9-14,16-17H2,1-2H3,(H,27,31). The lowest BCUT2D eigenvalue weighted by Crippen LogP contribution is -2.57. The number of pyridine rings is 1. The highest BCUT2D eigenvalue weighted by atomic mass is 19.1. The second-order valence-corrected chi connectivity index (χ2v) is 9.01. The Labute approximate surface area is 188 Å². The van der Waals surface area contributed by atoms with Gasteiger partial charge in [0.05, 0.1) is 13.2 Å². The van der Waals surface area contributed by atoms with E-state index in [4.69, 9.17) is 4.74 Å². The molecule has 1 amide bonds. The van der Waals surface area contributed by atoms with Crippen molar-refractivity contribution in [2.75, 3.05) is 32.8 Å². The molecule has 0 radical (unpaired) electrons. The molecule has 2 aliphatic rings. The van der Waals surface area contributed by atoms with Crippen LogP contribution in [0.4, 0.5) is 4.39 Å². The number of nitrogens with one attached hydrogen (secondary N) is 1. The molecule has 7 heteroatoms. The van der Waals surface area contributed by atoms with Crippen LogP contribution in [0.1, 0.15) is 53.0 Å². The van der Waals surface area contributed by atoms with E-state index in [1.807, 2.05) is 18.5 Å². The van der Waals surface area contributed by atoms with Crippen molar-refractivity contribution in [1.29, 1.82) is 0 Å². The van der Waals surface area contributed by atoms with Gasteiger partial charge in [-0.1, -0.05) is 31.0 Å². The van der Waals surface area contributed by atoms with Gasteiger partial charge in [0, 0.05) is 56.1 Å². The lowest BCUT2D eigenvalue weighted by molar-refractivity contribution is -0.0199. The monoisotopic (exact) mass is 441 g/mol. The quantitative estimate of drug-likeness (QED) is 0.749. The molecule has 2 aromatic rings. The minimum absolute atomic E-state index is 0.0823. The number of amides is 1. The van der Waals surface area contributed by atoms with E-state index in [-0.39, 0.29) is 34.7 Å². The smallest absolute Gasteiger partial charge is 0.257 e. The molecule has 1 N–H and O–H groups in total. The van der Waals surface area contributed by atoms with E-state index in [1.54, 1.807) is 18.2 Å². The molecule has 1 aliphatic heterocycles. The van der Waals surface area contributed by atoms with E-state index in [9.17, 15) is 14.0 Å². The number of aromatic nitrogens is 1. The third-order valence-corrected chi connectivity index (χ3v) is 7.15. The second-order valence-electron chi connectivity index (χ2n) is 9.01. The molecule has 6 nitrogen and oxygen atoms in total. The first kappa shape index (κ1) is 22.7. The molecule has 4 rings (SSSR count). The predicted molar refractivity (Wildman–Crippen MR) is 122 cm³/mol. The summed E-state index contributed by atoms with van der Waals surface area (Å²) < 4.78 is 21.7. The summed E-state index contributed by atoms with van der Waals surface area (Å²) in [6.07, 6.45) is 4.51. The number of rotatable bonds is 6. The number of benzene rings is 1. The Morgan fingerprint density at radius 2 is 1.88 bits per heavy atom. The fourth-order valence-electron chi connectivity index (χ4n) is 5.16. The highest BCUT2D eigenvalue weighted by Crippen LogP contribution is 2.35. The van der Waals surface area contributed by atoms with E-state index in [0.29, 0.717) is 31.0 Å². The van der Waals surface area contributed by atoms with Crippen LogP contribution < -0.4 is 10.7 Å². The van der Waals surface area contributed by atoms with Gasteiger partial charge in [0.25, 0.3) is 5.91 Å². The topological polar surface area (TPSA) is 63.6 Å². The largest absolute Gasteiger partial charge is 0.379 e. The maximum atomic E-state index is 14.3. The van der Waals surface area contributed by atoms with Gasteiger partial charge in [0.15, 0.2) is 5.43 Å². The first-order chi connectivity index (χ1) is 15.4. The summed E-state index contributed by atoms with van der Waals surface area (Å²) in [5, 5.41) is 3.08. The van der Waals surface area contributed by atoms with Crippen molar-refractivity contribution >= 4 is 5.91 Å². The summed E-state index contributed by atoms with van der Waals surface area (Å²) >= 11 is 0. The van der Waals surface area contributed by atoms with Crippen LogP contribution in [0.25, 0.3) is 0 Å². The molecular weight excluding hydrogens is 409 g/mol. The number of carbonyl (C=O) groups excluding carboxylic acids is 1. The Morgan fingerprint density at radius 1 is 1.19 bits per heavy atom. The molecule has 32 heavy (non-hydrogen) atoms. The molecule has 172 valence electrons. The Balaban J connectivity index is 1.61. The van der Waals surface area contributed by atoms with Crippen molar-refractivity contribution in [3.63, 3.8) is 0 Å². The Kier molecular flexibility index (Phi) is 6.76. The van der Waals surface area contributed by atoms with Gasteiger partial charge in [-0.25, -0.2) is 4.39 Å². The SMILES string of the molecule is Cc1cc(=O)c(C(=O)NCC2(N3CCOCC3)CCCC2)c(Cc2ccccc2F)n1C. The van der Waals surface area contributed by atoms with Crippen LogP contribution >= 0.6 is 0 Å². The van der Waals surface area contributed by atoms with Crippen LogP contribution in [-0.4, -0.2) is 53.8 Å². The van der Waals surface area contributed by atoms with E-state index in [2.05, 4.69) is 10.2 Å². The Morgan fingerprint density at radius 3 is 2.56 bits per heavy atom. The molecule has 1 aliphatic carbocycles. The highest BCUT2D eigenvalue weighted by Gasteiger charge is 2.40. The molecule has 0 bridgehead atoms. The van der Waals surface area contributed by atoms with Crippen LogP contribution in [0.3, 0.4) is 0 Å². The second kappa shape index (κ2) is 9.55. The molecule has 1 aromatic carbocycles. The maximum absolute atomic E-state index is 14.3. The maximum Gasteiger partial charge on any atom is 0.257 e. The number of ether oxygens (including phenoxy) is 1.